The van der Waals surface area contributed by atoms with E-state index in [0.29, 0.717) is 43.5 Å². The third-order valence-corrected chi connectivity index (χ3v) is 7.39. The van der Waals surface area contributed by atoms with Crippen LogP contribution in [0, 0.1) is 28.6 Å². The van der Waals surface area contributed by atoms with Crippen molar-refractivity contribution in [1.29, 1.82) is 0 Å². The summed E-state index contributed by atoms with van der Waals surface area (Å²) in [5.74, 6) is 1.77. The number of rotatable bonds is 18. The Kier molecular flexibility index (Phi) is 13.3. The number of amides is 1. The zero-order valence-electron chi connectivity index (χ0n) is 23.5. The zero-order valence-corrected chi connectivity index (χ0v) is 23.5. The first-order valence-corrected chi connectivity index (χ1v) is 13.6. The van der Waals surface area contributed by atoms with Crippen LogP contribution in [0.2, 0.25) is 0 Å². The molecule has 1 aliphatic heterocycles. The number of nitrogens with one attached hydrogen (secondary N) is 2. The molecule has 1 aromatic rings. The zero-order chi connectivity index (χ0) is 27.4. The van der Waals surface area contributed by atoms with Gasteiger partial charge in [0.05, 0.1) is 19.8 Å². The maximum absolute atomic E-state index is 12.9. The molecule has 4 N–H and O–H groups in total. The molecule has 1 saturated heterocycles. The van der Waals surface area contributed by atoms with Crippen LogP contribution in [-0.2, 0) is 16.0 Å². The summed E-state index contributed by atoms with van der Waals surface area (Å²) in [6, 6.07) is 5.12. The van der Waals surface area contributed by atoms with E-state index in [0.717, 1.165) is 31.5 Å². The van der Waals surface area contributed by atoms with E-state index in [1.165, 1.54) is 0 Å². The van der Waals surface area contributed by atoms with E-state index in [-0.39, 0.29) is 29.7 Å². The molecule has 1 unspecified atom stereocenters. The van der Waals surface area contributed by atoms with E-state index < -0.39 is 12.1 Å². The second-order valence-corrected chi connectivity index (χ2v) is 10.9. The summed E-state index contributed by atoms with van der Waals surface area (Å²) in [6.07, 6.45) is 2.59. The normalized spacial score (nSPS) is 17.1. The Morgan fingerprint density at radius 3 is 2.38 bits per heavy atom. The second-order valence-electron chi connectivity index (χ2n) is 10.9. The molecule has 0 aromatic heterocycles. The number of nitrogens with zero attached hydrogens (tertiary/aromatic N) is 1. The lowest BCUT2D eigenvalue weighted by atomic mass is 9.80. The molecule has 1 heterocycles. The van der Waals surface area contributed by atoms with Crippen molar-refractivity contribution in [3.63, 3.8) is 0 Å². The fraction of sp³-hybridized carbons (Fsp3) is 0.750. The van der Waals surface area contributed by atoms with Crippen LogP contribution in [0.3, 0.4) is 0 Å². The minimum absolute atomic E-state index is 0.0148. The Labute approximate surface area is 222 Å². The number of nitroso groups, excluding NO2 is 1. The number of hydrogen-bond donors (Lipinski definition) is 3. The minimum Gasteiger partial charge on any atom is -0.493 e. The molecule has 4 atom stereocenters. The van der Waals surface area contributed by atoms with Crippen molar-refractivity contribution in [3.8, 4) is 11.5 Å². The standard InChI is InChI=1S/C28H48N4O5/c1-18(2)21(12-20-8-9-26(36-6)27(13-20)37-11-7-10-35-5)14-24(29)25(32-34)15-23(19(3)4)28(33)31-22-16-30-17-22/h8-9,13,18-19,21-25,30H,7,10-12,14-17,29H2,1-6H3,(H,31,33)/t21-,23-,24-,25?/m0/s1. The van der Waals surface area contributed by atoms with E-state index >= 15 is 0 Å². The molecule has 0 saturated carbocycles. The molecule has 2 rings (SSSR count). The number of carbonyl (C=O) groups is 1. The molecule has 210 valence electrons. The van der Waals surface area contributed by atoms with E-state index in [1.54, 1.807) is 14.2 Å². The predicted molar refractivity (Wildman–Crippen MR) is 147 cm³/mol. The molecule has 1 aliphatic rings. The summed E-state index contributed by atoms with van der Waals surface area (Å²) >= 11 is 0. The quantitative estimate of drug-likeness (QED) is 0.200. The van der Waals surface area contributed by atoms with E-state index in [2.05, 4.69) is 29.7 Å². The Morgan fingerprint density at radius 1 is 1.11 bits per heavy atom. The van der Waals surface area contributed by atoms with E-state index in [9.17, 15) is 9.70 Å². The van der Waals surface area contributed by atoms with Crippen LogP contribution in [0.5, 0.6) is 11.5 Å². The van der Waals surface area contributed by atoms with Gasteiger partial charge in [-0.1, -0.05) is 38.9 Å². The summed E-state index contributed by atoms with van der Waals surface area (Å²) in [5, 5.41) is 9.63. The molecule has 0 aliphatic carbocycles. The van der Waals surface area contributed by atoms with Gasteiger partial charge in [-0.25, -0.2) is 0 Å². The van der Waals surface area contributed by atoms with Crippen LogP contribution in [0.15, 0.2) is 23.4 Å². The average Bonchev–Trinajstić information content (AvgIpc) is 2.84. The Morgan fingerprint density at radius 2 is 1.84 bits per heavy atom. The molecule has 1 fully saturated rings. The van der Waals surface area contributed by atoms with Crippen molar-refractivity contribution >= 4 is 5.91 Å². The number of methoxy groups -OCH3 is 2. The van der Waals surface area contributed by atoms with Crippen molar-refractivity contribution in [2.24, 2.45) is 34.6 Å². The first-order valence-electron chi connectivity index (χ1n) is 13.6. The number of benzene rings is 1. The fourth-order valence-electron chi connectivity index (χ4n) is 4.68. The van der Waals surface area contributed by atoms with Crippen LogP contribution < -0.4 is 25.8 Å². The highest BCUT2D eigenvalue weighted by Gasteiger charge is 2.33. The number of nitrogens with two attached hydrogens (primary N) is 1. The fourth-order valence-corrected chi connectivity index (χ4v) is 4.68. The van der Waals surface area contributed by atoms with Gasteiger partial charge in [-0.3, -0.25) is 4.79 Å². The summed E-state index contributed by atoms with van der Waals surface area (Å²) in [5.41, 5.74) is 7.71. The van der Waals surface area contributed by atoms with Crippen molar-refractivity contribution in [2.75, 3.05) is 40.5 Å². The first-order chi connectivity index (χ1) is 17.7. The summed E-state index contributed by atoms with van der Waals surface area (Å²) in [4.78, 5) is 24.8. The number of hydrogen-bond acceptors (Lipinski definition) is 8. The topological polar surface area (TPSA) is 124 Å². The molecule has 37 heavy (non-hydrogen) atoms. The SMILES string of the molecule is COCCCOc1cc(C[C@@H](C[C@H](N)C(C[C@H](C(=O)NC2CNC2)C(C)C)N=O)C(C)C)ccc1OC. The second kappa shape index (κ2) is 15.9. The summed E-state index contributed by atoms with van der Waals surface area (Å²) in [7, 11) is 3.31. The van der Waals surface area contributed by atoms with Crippen LogP contribution in [0.4, 0.5) is 0 Å². The van der Waals surface area contributed by atoms with Gasteiger partial charge in [0.25, 0.3) is 0 Å². The molecule has 9 nitrogen and oxygen atoms in total. The molecule has 9 heteroatoms. The van der Waals surface area contributed by atoms with Gasteiger partial charge >= 0.3 is 0 Å². The highest BCUT2D eigenvalue weighted by Crippen LogP contribution is 2.32. The van der Waals surface area contributed by atoms with E-state index in [1.807, 2.05) is 32.0 Å². The van der Waals surface area contributed by atoms with Gasteiger partial charge in [0.2, 0.25) is 5.91 Å². The molecule has 1 aromatic carbocycles. The van der Waals surface area contributed by atoms with Crippen molar-refractivity contribution in [1.82, 2.24) is 10.6 Å². The summed E-state index contributed by atoms with van der Waals surface area (Å²) < 4.78 is 16.5. The third-order valence-electron chi connectivity index (χ3n) is 7.39. The van der Waals surface area contributed by atoms with Gasteiger partial charge in [-0.05, 0) is 54.7 Å². The summed E-state index contributed by atoms with van der Waals surface area (Å²) in [6.45, 7) is 11.1. The van der Waals surface area contributed by atoms with Gasteiger partial charge in [0, 0.05) is 45.2 Å². The number of ether oxygens (including phenoxy) is 3. The van der Waals surface area contributed by atoms with Crippen molar-refractivity contribution in [2.45, 2.75) is 71.5 Å². The molecular formula is C28H48N4O5. The molecule has 0 bridgehead atoms. The maximum atomic E-state index is 12.9. The van der Waals surface area contributed by atoms with Gasteiger partial charge in [-0.2, -0.15) is 4.91 Å². The molecular weight excluding hydrogens is 472 g/mol. The van der Waals surface area contributed by atoms with Crippen molar-refractivity contribution < 1.29 is 19.0 Å². The third kappa shape index (κ3) is 9.87. The lowest BCUT2D eigenvalue weighted by Gasteiger charge is -2.32. The van der Waals surface area contributed by atoms with E-state index in [4.69, 9.17) is 19.9 Å². The monoisotopic (exact) mass is 520 g/mol. The Balaban J connectivity index is 2.05. The van der Waals surface area contributed by atoms with Crippen LogP contribution in [0.1, 0.15) is 52.5 Å². The smallest absolute Gasteiger partial charge is 0.223 e. The maximum Gasteiger partial charge on any atom is 0.223 e. The van der Waals surface area contributed by atoms with Gasteiger partial charge < -0.3 is 30.6 Å². The Bertz CT molecular complexity index is 831. The predicted octanol–water partition coefficient (Wildman–Crippen LogP) is 3.53. The largest absolute Gasteiger partial charge is 0.493 e. The molecule has 1 amide bonds. The van der Waals surface area contributed by atoms with Gasteiger partial charge in [0.15, 0.2) is 11.5 Å². The highest BCUT2D eigenvalue weighted by atomic mass is 16.5. The Hall–Kier alpha value is -2.23. The van der Waals surface area contributed by atoms with Gasteiger partial charge in [0.1, 0.15) is 6.04 Å². The lowest BCUT2D eigenvalue weighted by Crippen LogP contribution is -2.58. The van der Waals surface area contributed by atoms with Gasteiger partial charge in [-0.15, -0.1) is 0 Å². The molecule has 0 spiro atoms. The minimum atomic E-state index is -0.616. The molecule has 0 radical (unpaired) electrons. The lowest BCUT2D eigenvalue weighted by molar-refractivity contribution is -0.127. The number of carbonyl (C=O) groups excluding carboxylic acids is 1. The first kappa shape index (κ1) is 31.0. The average molecular weight is 521 g/mol. The van der Waals surface area contributed by atoms with Crippen LogP contribution in [0.25, 0.3) is 0 Å². The van der Waals surface area contributed by atoms with Crippen molar-refractivity contribution in [3.05, 3.63) is 28.7 Å². The highest BCUT2D eigenvalue weighted by molar-refractivity contribution is 5.79. The van der Waals surface area contributed by atoms with Crippen LogP contribution >= 0.6 is 0 Å². The van der Waals surface area contributed by atoms with Crippen LogP contribution in [-0.4, -0.2) is 64.6 Å².